The van der Waals surface area contributed by atoms with E-state index >= 15 is 0 Å². The number of hydrogen-bond acceptors (Lipinski definition) is 2. The number of benzene rings is 2. The average Bonchev–Trinajstić information content (AvgIpc) is 2.38. The van der Waals surface area contributed by atoms with Crippen molar-refractivity contribution in [2.24, 2.45) is 0 Å². The number of anilines is 2. The molecule has 0 fully saturated rings. The van der Waals surface area contributed by atoms with Crippen molar-refractivity contribution in [1.29, 1.82) is 0 Å². The molecule has 0 aliphatic heterocycles. The predicted molar refractivity (Wildman–Crippen MR) is 82.1 cm³/mol. The fourth-order valence-electron chi connectivity index (χ4n) is 2.09. The Labute approximate surface area is 125 Å². The summed E-state index contributed by atoms with van der Waals surface area (Å²) < 4.78 is 27.1. The van der Waals surface area contributed by atoms with Crippen molar-refractivity contribution < 1.29 is 8.78 Å². The van der Waals surface area contributed by atoms with Gasteiger partial charge in [0.2, 0.25) is 0 Å². The standard InChI is InChI=1S/C15H15BrF2N2/c1-20(9-10-3-2-4-11(16)7-10)14-6-5-12(19)8-13(14)15(17)18/h2-8,15H,9,19H2,1H3. The van der Waals surface area contributed by atoms with E-state index in [0.29, 0.717) is 17.9 Å². The van der Waals surface area contributed by atoms with Gasteiger partial charge in [-0.3, -0.25) is 0 Å². The molecule has 2 rings (SSSR count). The highest BCUT2D eigenvalue weighted by Crippen LogP contribution is 2.31. The number of nitrogen functional groups attached to an aromatic ring is 1. The highest BCUT2D eigenvalue weighted by molar-refractivity contribution is 9.10. The summed E-state index contributed by atoms with van der Waals surface area (Å²) in [5.41, 5.74) is 7.42. The van der Waals surface area contributed by atoms with E-state index < -0.39 is 6.43 Å². The van der Waals surface area contributed by atoms with Crippen molar-refractivity contribution in [1.82, 2.24) is 0 Å². The molecule has 0 heterocycles. The summed E-state index contributed by atoms with van der Waals surface area (Å²) in [6, 6.07) is 12.4. The molecule has 106 valence electrons. The van der Waals surface area contributed by atoms with Gasteiger partial charge < -0.3 is 10.6 Å². The van der Waals surface area contributed by atoms with Crippen LogP contribution in [0.3, 0.4) is 0 Å². The number of hydrogen-bond donors (Lipinski definition) is 1. The molecule has 2 N–H and O–H groups in total. The smallest absolute Gasteiger partial charge is 0.265 e. The van der Waals surface area contributed by atoms with Crippen LogP contribution in [0, 0.1) is 0 Å². The Hall–Kier alpha value is -1.62. The first kappa shape index (κ1) is 14.8. The third kappa shape index (κ3) is 3.48. The van der Waals surface area contributed by atoms with Crippen LogP contribution < -0.4 is 10.6 Å². The van der Waals surface area contributed by atoms with E-state index in [2.05, 4.69) is 15.9 Å². The van der Waals surface area contributed by atoms with Crippen LogP contribution in [-0.2, 0) is 6.54 Å². The van der Waals surface area contributed by atoms with Crippen LogP contribution in [0.15, 0.2) is 46.9 Å². The molecule has 0 unspecified atom stereocenters. The zero-order valence-corrected chi connectivity index (χ0v) is 12.6. The van der Waals surface area contributed by atoms with Gasteiger partial charge in [-0.15, -0.1) is 0 Å². The van der Waals surface area contributed by atoms with E-state index in [0.717, 1.165) is 10.0 Å². The Bertz CT molecular complexity index is 602. The largest absolute Gasteiger partial charge is 0.399 e. The van der Waals surface area contributed by atoms with Crippen LogP contribution in [-0.4, -0.2) is 7.05 Å². The number of alkyl halides is 2. The van der Waals surface area contributed by atoms with Gasteiger partial charge in [0.1, 0.15) is 0 Å². The number of nitrogens with zero attached hydrogens (tertiary/aromatic N) is 1. The van der Waals surface area contributed by atoms with Crippen LogP contribution in [0.4, 0.5) is 20.2 Å². The van der Waals surface area contributed by atoms with Crippen molar-refractivity contribution in [2.45, 2.75) is 13.0 Å². The fraction of sp³-hybridized carbons (Fsp3) is 0.200. The van der Waals surface area contributed by atoms with Crippen molar-refractivity contribution in [3.63, 3.8) is 0 Å². The van der Waals surface area contributed by atoms with Gasteiger partial charge in [-0.05, 0) is 35.9 Å². The topological polar surface area (TPSA) is 29.3 Å². The van der Waals surface area contributed by atoms with Crippen LogP contribution in [0.25, 0.3) is 0 Å². The van der Waals surface area contributed by atoms with Crippen molar-refractivity contribution in [2.75, 3.05) is 17.7 Å². The predicted octanol–water partition coefficient (Wildman–Crippen LogP) is 4.61. The lowest BCUT2D eigenvalue weighted by Crippen LogP contribution is -2.18. The monoisotopic (exact) mass is 340 g/mol. The lowest BCUT2D eigenvalue weighted by molar-refractivity contribution is 0.152. The van der Waals surface area contributed by atoms with Crippen LogP contribution in [0.5, 0.6) is 0 Å². The van der Waals surface area contributed by atoms with Gasteiger partial charge in [0.25, 0.3) is 6.43 Å². The van der Waals surface area contributed by atoms with E-state index in [4.69, 9.17) is 5.73 Å². The average molecular weight is 341 g/mol. The van der Waals surface area contributed by atoms with E-state index in [1.807, 2.05) is 24.3 Å². The minimum atomic E-state index is -2.54. The van der Waals surface area contributed by atoms with Gasteiger partial charge in [0.05, 0.1) is 0 Å². The summed E-state index contributed by atoms with van der Waals surface area (Å²) in [5, 5.41) is 0. The van der Waals surface area contributed by atoms with Gasteiger partial charge in [0, 0.05) is 35.0 Å². The molecular formula is C15H15BrF2N2. The van der Waals surface area contributed by atoms with Crippen molar-refractivity contribution in [3.05, 3.63) is 58.1 Å². The number of halogens is 3. The molecule has 0 amide bonds. The minimum absolute atomic E-state index is 0.0394. The van der Waals surface area contributed by atoms with Gasteiger partial charge >= 0.3 is 0 Å². The van der Waals surface area contributed by atoms with Gasteiger partial charge in [-0.1, -0.05) is 28.1 Å². The molecule has 2 nitrogen and oxygen atoms in total. The number of nitrogens with two attached hydrogens (primary N) is 1. The Morgan fingerprint density at radius 2 is 1.95 bits per heavy atom. The third-order valence-electron chi connectivity index (χ3n) is 3.01. The molecule has 0 spiro atoms. The van der Waals surface area contributed by atoms with Crippen molar-refractivity contribution >= 4 is 27.3 Å². The summed E-state index contributed by atoms with van der Waals surface area (Å²) in [6.07, 6.45) is -2.54. The summed E-state index contributed by atoms with van der Waals surface area (Å²) in [7, 11) is 1.79. The van der Waals surface area contributed by atoms with E-state index in [1.165, 1.54) is 6.07 Å². The second kappa shape index (κ2) is 6.22. The van der Waals surface area contributed by atoms with Crippen molar-refractivity contribution in [3.8, 4) is 0 Å². The molecule has 0 saturated carbocycles. The molecule has 2 aromatic rings. The Balaban J connectivity index is 2.27. The first-order chi connectivity index (χ1) is 9.47. The molecule has 5 heteroatoms. The maximum Gasteiger partial charge on any atom is 0.265 e. The lowest BCUT2D eigenvalue weighted by Gasteiger charge is -2.23. The quantitative estimate of drug-likeness (QED) is 0.823. The fourth-order valence-corrected chi connectivity index (χ4v) is 2.54. The first-order valence-electron chi connectivity index (χ1n) is 6.10. The van der Waals surface area contributed by atoms with E-state index in [9.17, 15) is 8.78 Å². The summed E-state index contributed by atoms with van der Waals surface area (Å²) in [4.78, 5) is 1.79. The second-order valence-electron chi connectivity index (χ2n) is 4.60. The molecule has 0 aliphatic carbocycles. The molecule has 0 radical (unpaired) electrons. The Morgan fingerprint density at radius 3 is 2.60 bits per heavy atom. The molecule has 0 saturated heterocycles. The Kier molecular flexibility index (Phi) is 4.60. The highest BCUT2D eigenvalue weighted by atomic mass is 79.9. The molecule has 20 heavy (non-hydrogen) atoms. The number of rotatable bonds is 4. The van der Waals surface area contributed by atoms with Gasteiger partial charge in [-0.2, -0.15) is 0 Å². The lowest BCUT2D eigenvalue weighted by atomic mass is 10.1. The molecule has 2 aromatic carbocycles. The SMILES string of the molecule is CN(Cc1cccc(Br)c1)c1ccc(N)cc1C(F)F. The first-order valence-corrected chi connectivity index (χ1v) is 6.90. The van der Waals surface area contributed by atoms with E-state index in [-0.39, 0.29) is 5.56 Å². The van der Waals surface area contributed by atoms with Gasteiger partial charge in [-0.25, -0.2) is 8.78 Å². The second-order valence-corrected chi connectivity index (χ2v) is 5.52. The maximum absolute atomic E-state index is 13.1. The van der Waals surface area contributed by atoms with Crippen LogP contribution >= 0.6 is 15.9 Å². The zero-order chi connectivity index (χ0) is 14.7. The minimum Gasteiger partial charge on any atom is -0.399 e. The zero-order valence-electron chi connectivity index (χ0n) is 11.0. The van der Waals surface area contributed by atoms with E-state index in [1.54, 1.807) is 24.1 Å². The van der Waals surface area contributed by atoms with Crippen LogP contribution in [0.1, 0.15) is 17.6 Å². The molecular weight excluding hydrogens is 326 g/mol. The molecule has 0 bridgehead atoms. The van der Waals surface area contributed by atoms with Crippen LogP contribution in [0.2, 0.25) is 0 Å². The maximum atomic E-state index is 13.1. The van der Waals surface area contributed by atoms with Gasteiger partial charge in [0.15, 0.2) is 0 Å². The Morgan fingerprint density at radius 1 is 1.20 bits per heavy atom. The third-order valence-corrected chi connectivity index (χ3v) is 3.50. The molecule has 0 aliphatic rings. The summed E-state index contributed by atoms with van der Waals surface area (Å²) in [6.45, 7) is 0.545. The normalized spacial score (nSPS) is 10.8. The molecule has 0 atom stereocenters. The summed E-state index contributed by atoms with van der Waals surface area (Å²) >= 11 is 3.40. The highest BCUT2D eigenvalue weighted by Gasteiger charge is 2.16. The molecule has 0 aromatic heterocycles. The summed E-state index contributed by atoms with van der Waals surface area (Å²) in [5.74, 6) is 0.